The number of sulfone groups is 1. The number of methoxy groups -OCH3 is 2. The summed E-state index contributed by atoms with van der Waals surface area (Å²) >= 11 is 0. The van der Waals surface area contributed by atoms with Crippen molar-refractivity contribution in [1.29, 1.82) is 0 Å². The van der Waals surface area contributed by atoms with Gasteiger partial charge in [-0.2, -0.15) is 0 Å². The highest BCUT2D eigenvalue weighted by atomic mass is 32.2. The number of pyridine rings is 1. The second-order valence-corrected chi connectivity index (χ2v) is 8.43. The number of nitrogens with zero attached hydrogens (tertiary/aromatic N) is 1. The van der Waals surface area contributed by atoms with Gasteiger partial charge >= 0.3 is 0 Å². The molecule has 9 heteroatoms. The van der Waals surface area contributed by atoms with E-state index in [1.807, 2.05) is 6.07 Å². The summed E-state index contributed by atoms with van der Waals surface area (Å²) in [7, 11) is 0.0910. The molecule has 1 saturated heterocycles. The minimum atomic E-state index is -3.04. The van der Waals surface area contributed by atoms with Crippen LogP contribution in [0.3, 0.4) is 0 Å². The molecule has 1 aliphatic rings. The maximum atomic E-state index is 12.2. The molecule has 1 fully saturated rings. The molecule has 0 aliphatic carbocycles. The van der Waals surface area contributed by atoms with Crippen molar-refractivity contribution in [2.45, 2.75) is 12.5 Å². The van der Waals surface area contributed by atoms with Crippen LogP contribution in [0.2, 0.25) is 0 Å². The number of amides is 1. The molecule has 144 valence electrons. The number of ether oxygens (including phenoxy) is 2. The Kier molecular flexibility index (Phi) is 5.50. The van der Waals surface area contributed by atoms with E-state index in [1.54, 1.807) is 38.5 Å². The Morgan fingerprint density at radius 2 is 1.85 bits per heavy atom. The van der Waals surface area contributed by atoms with Crippen LogP contribution in [-0.2, 0) is 9.84 Å². The van der Waals surface area contributed by atoms with Gasteiger partial charge in [0.25, 0.3) is 5.91 Å². The zero-order chi connectivity index (χ0) is 19.4. The summed E-state index contributed by atoms with van der Waals surface area (Å²) in [6.45, 7) is 0. The molecule has 3 rings (SSSR count). The summed E-state index contributed by atoms with van der Waals surface area (Å²) in [6, 6.07) is 8.37. The first-order valence-electron chi connectivity index (χ1n) is 8.36. The summed E-state index contributed by atoms with van der Waals surface area (Å²) in [5, 5.41) is 5.89. The molecule has 1 unspecified atom stereocenters. The van der Waals surface area contributed by atoms with Crippen LogP contribution in [0.15, 0.2) is 36.5 Å². The SMILES string of the molecule is COc1ccc(Nc2ccc(C(=O)NC3CCS(=O)(=O)C3)nc2)cc1OC. The van der Waals surface area contributed by atoms with Crippen LogP contribution in [0.5, 0.6) is 11.5 Å². The lowest BCUT2D eigenvalue weighted by Gasteiger charge is -2.12. The number of hydrogen-bond donors (Lipinski definition) is 2. The molecule has 1 aromatic heterocycles. The summed E-state index contributed by atoms with van der Waals surface area (Å²) in [6.07, 6.45) is 1.98. The number of aromatic nitrogens is 1. The number of nitrogens with one attached hydrogen (secondary N) is 2. The smallest absolute Gasteiger partial charge is 0.270 e. The minimum absolute atomic E-state index is 0.0162. The third-order valence-corrected chi connectivity index (χ3v) is 6.00. The van der Waals surface area contributed by atoms with Crippen molar-refractivity contribution in [2.24, 2.45) is 0 Å². The summed E-state index contributed by atoms with van der Waals surface area (Å²) in [5.41, 5.74) is 1.71. The molecule has 2 aromatic rings. The number of hydrogen-bond acceptors (Lipinski definition) is 7. The molecule has 8 nitrogen and oxygen atoms in total. The van der Waals surface area contributed by atoms with E-state index < -0.39 is 9.84 Å². The van der Waals surface area contributed by atoms with Gasteiger partial charge in [-0.15, -0.1) is 0 Å². The van der Waals surface area contributed by atoms with Crippen LogP contribution in [0, 0.1) is 0 Å². The summed E-state index contributed by atoms with van der Waals surface area (Å²) in [4.78, 5) is 16.4. The fraction of sp³-hybridized carbons (Fsp3) is 0.333. The lowest BCUT2D eigenvalue weighted by Crippen LogP contribution is -2.36. The molecule has 0 saturated carbocycles. The summed E-state index contributed by atoms with van der Waals surface area (Å²) in [5.74, 6) is 0.937. The molecule has 0 bridgehead atoms. The highest BCUT2D eigenvalue weighted by Crippen LogP contribution is 2.31. The Bertz CT molecular complexity index is 929. The van der Waals surface area contributed by atoms with Crippen molar-refractivity contribution in [3.8, 4) is 11.5 Å². The van der Waals surface area contributed by atoms with E-state index in [1.165, 1.54) is 6.20 Å². The van der Waals surface area contributed by atoms with E-state index in [-0.39, 0.29) is 29.1 Å². The Balaban J connectivity index is 1.64. The molecule has 0 radical (unpaired) electrons. The maximum Gasteiger partial charge on any atom is 0.270 e. The Morgan fingerprint density at radius 3 is 2.44 bits per heavy atom. The van der Waals surface area contributed by atoms with Gasteiger partial charge in [-0.05, 0) is 30.7 Å². The normalized spacial score (nSPS) is 17.9. The van der Waals surface area contributed by atoms with Crippen LogP contribution < -0.4 is 20.1 Å². The topological polar surface area (TPSA) is 107 Å². The van der Waals surface area contributed by atoms with Gasteiger partial charge in [0, 0.05) is 17.8 Å². The van der Waals surface area contributed by atoms with Gasteiger partial charge < -0.3 is 20.1 Å². The number of anilines is 2. The van der Waals surface area contributed by atoms with E-state index in [0.29, 0.717) is 23.6 Å². The molecule has 0 spiro atoms. The number of carbonyl (C=O) groups excluding carboxylic acids is 1. The highest BCUT2D eigenvalue weighted by Gasteiger charge is 2.29. The number of carbonyl (C=O) groups is 1. The van der Waals surface area contributed by atoms with Crippen LogP contribution in [-0.4, -0.2) is 51.1 Å². The average Bonchev–Trinajstić information content (AvgIpc) is 3.00. The molecule has 1 atom stereocenters. The quantitative estimate of drug-likeness (QED) is 0.773. The monoisotopic (exact) mass is 391 g/mol. The Hall–Kier alpha value is -2.81. The molecular formula is C18H21N3O5S. The van der Waals surface area contributed by atoms with Gasteiger partial charge in [0.2, 0.25) is 0 Å². The first-order valence-corrected chi connectivity index (χ1v) is 10.2. The van der Waals surface area contributed by atoms with Gasteiger partial charge in [-0.3, -0.25) is 4.79 Å². The predicted octanol–water partition coefficient (Wildman–Crippen LogP) is 1.76. The second kappa shape index (κ2) is 7.83. The van der Waals surface area contributed by atoms with Crippen molar-refractivity contribution in [3.63, 3.8) is 0 Å². The third kappa shape index (κ3) is 4.68. The van der Waals surface area contributed by atoms with Gasteiger partial charge in [-0.25, -0.2) is 13.4 Å². The molecule has 2 N–H and O–H groups in total. The van der Waals surface area contributed by atoms with E-state index >= 15 is 0 Å². The lowest BCUT2D eigenvalue weighted by molar-refractivity contribution is 0.0936. The Morgan fingerprint density at radius 1 is 1.11 bits per heavy atom. The van der Waals surface area contributed by atoms with E-state index in [2.05, 4.69) is 15.6 Å². The maximum absolute atomic E-state index is 12.2. The predicted molar refractivity (Wildman–Crippen MR) is 102 cm³/mol. The van der Waals surface area contributed by atoms with Gasteiger partial charge in [0.1, 0.15) is 5.69 Å². The van der Waals surface area contributed by atoms with Crippen LogP contribution >= 0.6 is 0 Å². The third-order valence-electron chi connectivity index (χ3n) is 4.24. The van der Waals surface area contributed by atoms with E-state index in [0.717, 1.165) is 5.69 Å². The van der Waals surface area contributed by atoms with Gasteiger partial charge in [0.05, 0.1) is 37.6 Å². The standard InChI is InChI=1S/C18H21N3O5S/c1-25-16-6-4-12(9-17(16)26-2)20-13-3-5-15(19-10-13)18(22)21-14-7-8-27(23,24)11-14/h3-6,9-10,14,20H,7-8,11H2,1-2H3,(H,21,22). The highest BCUT2D eigenvalue weighted by molar-refractivity contribution is 7.91. The van der Waals surface area contributed by atoms with Crippen LogP contribution in [0.4, 0.5) is 11.4 Å². The van der Waals surface area contributed by atoms with Crippen molar-refractivity contribution in [1.82, 2.24) is 10.3 Å². The number of benzene rings is 1. The van der Waals surface area contributed by atoms with Crippen LogP contribution in [0.25, 0.3) is 0 Å². The first-order chi connectivity index (χ1) is 12.9. The van der Waals surface area contributed by atoms with Crippen molar-refractivity contribution in [2.75, 3.05) is 31.0 Å². The van der Waals surface area contributed by atoms with Crippen molar-refractivity contribution in [3.05, 3.63) is 42.2 Å². The average molecular weight is 391 g/mol. The first kappa shape index (κ1) is 19.0. The lowest BCUT2D eigenvalue weighted by atomic mass is 10.2. The zero-order valence-electron chi connectivity index (χ0n) is 15.1. The summed E-state index contributed by atoms with van der Waals surface area (Å²) < 4.78 is 33.4. The Labute approximate surface area is 157 Å². The second-order valence-electron chi connectivity index (χ2n) is 6.20. The van der Waals surface area contributed by atoms with E-state index in [4.69, 9.17) is 9.47 Å². The molecular weight excluding hydrogens is 370 g/mol. The molecule has 1 aromatic carbocycles. The van der Waals surface area contributed by atoms with E-state index in [9.17, 15) is 13.2 Å². The van der Waals surface area contributed by atoms with Gasteiger partial charge in [0.15, 0.2) is 21.3 Å². The zero-order valence-corrected chi connectivity index (χ0v) is 15.9. The number of rotatable bonds is 6. The molecule has 1 aliphatic heterocycles. The molecule has 2 heterocycles. The van der Waals surface area contributed by atoms with Crippen molar-refractivity contribution < 1.29 is 22.7 Å². The van der Waals surface area contributed by atoms with Gasteiger partial charge in [-0.1, -0.05) is 0 Å². The largest absolute Gasteiger partial charge is 0.493 e. The van der Waals surface area contributed by atoms with Crippen molar-refractivity contribution >= 4 is 27.1 Å². The molecule has 1 amide bonds. The fourth-order valence-electron chi connectivity index (χ4n) is 2.85. The fourth-order valence-corrected chi connectivity index (χ4v) is 4.52. The minimum Gasteiger partial charge on any atom is -0.493 e. The van der Waals surface area contributed by atoms with Crippen LogP contribution in [0.1, 0.15) is 16.9 Å². The molecule has 27 heavy (non-hydrogen) atoms.